The van der Waals surface area contributed by atoms with E-state index in [0.717, 1.165) is 6.42 Å². The first kappa shape index (κ1) is 12.9. The lowest BCUT2D eigenvalue weighted by Gasteiger charge is -2.34. The fourth-order valence-corrected chi connectivity index (χ4v) is 3.16. The molecule has 0 aromatic carbocycles. The second-order valence-corrected chi connectivity index (χ2v) is 5.64. The van der Waals surface area contributed by atoms with Crippen molar-refractivity contribution in [3.8, 4) is 0 Å². The minimum absolute atomic E-state index is 0.0622. The third-order valence-corrected chi connectivity index (χ3v) is 4.51. The van der Waals surface area contributed by atoms with Gasteiger partial charge in [0, 0.05) is 19.6 Å². The molecule has 2 N–H and O–H groups in total. The van der Waals surface area contributed by atoms with Crippen LogP contribution in [-0.2, 0) is 10.2 Å². The van der Waals surface area contributed by atoms with Gasteiger partial charge in [-0.15, -0.1) is 0 Å². The minimum Gasteiger partial charge on any atom is -0.393 e. The molecule has 0 radical (unpaired) electrons. The predicted octanol–water partition coefficient (Wildman–Crippen LogP) is -0.0665. The first-order valence-electron chi connectivity index (χ1n) is 5.44. The third kappa shape index (κ3) is 3.14. The second kappa shape index (κ2) is 5.25. The van der Waals surface area contributed by atoms with Gasteiger partial charge in [0.1, 0.15) is 0 Å². The molecular formula is C9H20N2O3S. The molecule has 15 heavy (non-hydrogen) atoms. The van der Waals surface area contributed by atoms with Crippen LogP contribution in [0.3, 0.4) is 0 Å². The van der Waals surface area contributed by atoms with Crippen molar-refractivity contribution in [3.05, 3.63) is 0 Å². The van der Waals surface area contributed by atoms with Gasteiger partial charge in [0.2, 0.25) is 0 Å². The van der Waals surface area contributed by atoms with Crippen LogP contribution in [0.15, 0.2) is 0 Å². The molecule has 2 atom stereocenters. The molecule has 0 spiro atoms. The van der Waals surface area contributed by atoms with Crippen molar-refractivity contribution in [3.63, 3.8) is 0 Å². The monoisotopic (exact) mass is 236 g/mol. The zero-order chi connectivity index (χ0) is 11.5. The van der Waals surface area contributed by atoms with Gasteiger partial charge in [0.15, 0.2) is 0 Å². The van der Waals surface area contributed by atoms with Crippen molar-refractivity contribution in [2.45, 2.75) is 32.8 Å². The van der Waals surface area contributed by atoms with E-state index in [-0.39, 0.29) is 12.0 Å². The maximum atomic E-state index is 11.7. The highest BCUT2D eigenvalue weighted by Crippen LogP contribution is 2.21. The van der Waals surface area contributed by atoms with Crippen LogP contribution in [0.2, 0.25) is 0 Å². The lowest BCUT2D eigenvalue weighted by molar-refractivity contribution is 0.0517. The molecule has 0 aromatic heterocycles. The van der Waals surface area contributed by atoms with Crippen molar-refractivity contribution in [1.29, 1.82) is 0 Å². The van der Waals surface area contributed by atoms with Crippen LogP contribution in [0, 0.1) is 5.92 Å². The van der Waals surface area contributed by atoms with Crippen molar-refractivity contribution >= 4 is 10.2 Å². The van der Waals surface area contributed by atoms with Gasteiger partial charge in [-0.3, -0.25) is 0 Å². The second-order valence-electron chi connectivity index (χ2n) is 3.89. The number of nitrogens with one attached hydrogen (secondary N) is 1. The molecule has 5 nitrogen and oxygen atoms in total. The van der Waals surface area contributed by atoms with E-state index in [9.17, 15) is 13.5 Å². The standard InChI is InChI=1S/C9H20N2O3S/c1-3-8-7-11(6-5-9(8)12)15(13,14)10-4-2/h8-10,12H,3-7H2,1-2H3. The van der Waals surface area contributed by atoms with Gasteiger partial charge < -0.3 is 5.11 Å². The number of hydrogen-bond donors (Lipinski definition) is 2. The summed E-state index contributed by atoms with van der Waals surface area (Å²) in [4.78, 5) is 0. The van der Waals surface area contributed by atoms with Gasteiger partial charge >= 0.3 is 0 Å². The summed E-state index contributed by atoms with van der Waals surface area (Å²) in [6, 6.07) is 0. The summed E-state index contributed by atoms with van der Waals surface area (Å²) in [6.07, 6.45) is 0.977. The molecule has 0 aromatic rings. The van der Waals surface area contributed by atoms with Crippen LogP contribution in [0.5, 0.6) is 0 Å². The van der Waals surface area contributed by atoms with E-state index >= 15 is 0 Å². The Kier molecular flexibility index (Phi) is 4.51. The third-order valence-electron chi connectivity index (χ3n) is 2.85. The number of hydrogen-bond acceptors (Lipinski definition) is 3. The summed E-state index contributed by atoms with van der Waals surface area (Å²) >= 11 is 0. The molecule has 1 fully saturated rings. The average molecular weight is 236 g/mol. The van der Waals surface area contributed by atoms with Crippen LogP contribution in [0.1, 0.15) is 26.7 Å². The van der Waals surface area contributed by atoms with Gasteiger partial charge in [-0.2, -0.15) is 12.7 Å². The average Bonchev–Trinajstić information content (AvgIpc) is 2.18. The summed E-state index contributed by atoms with van der Waals surface area (Å²) < 4.78 is 27.3. The van der Waals surface area contributed by atoms with Gasteiger partial charge in [-0.05, 0) is 18.8 Å². The molecular weight excluding hydrogens is 216 g/mol. The van der Waals surface area contributed by atoms with E-state index in [1.807, 2.05) is 6.92 Å². The number of aliphatic hydroxyl groups is 1. The Morgan fingerprint density at radius 2 is 2.13 bits per heavy atom. The molecule has 1 saturated heterocycles. The Labute approximate surface area is 91.7 Å². The molecule has 90 valence electrons. The molecule has 1 rings (SSSR count). The molecule has 1 aliphatic rings. The highest BCUT2D eigenvalue weighted by Gasteiger charge is 2.32. The van der Waals surface area contributed by atoms with E-state index in [0.29, 0.717) is 26.1 Å². The van der Waals surface area contributed by atoms with Gasteiger partial charge in [-0.25, -0.2) is 4.72 Å². The molecule has 1 heterocycles. The SMILES string of the molecule is CCNS(=O)(=O)N1CCC(O)C(CC)C1. The van der Waals surface area contributed by atoms with Crippen LogP contribution < -0.4 is 4.72 Å². The summed E-state index contributed by atoms with van der Waals surface area (Å²) in [6.45, 7) is 4.96. The van der Waals surface area contributed by atoms with Crippen LogP contribution in [0.4, 0.5) is 0 Å². The van der Waals surface area contributed by atoms with E-state index in [1.54, 1.807) is 6.92 Å². The summed E-state index contributed by atoms with van der Waals surface area (Å²) in [5, 5.41) is 9.64. The maximum Gasteiger partial charge on any atom is 0.279 e. The highest BCUT2D eigenvalue weighted by atomic mass is 32.2. The van der Waals surface area contributed by atoms with E-state index in [4.69, 9.17) is 0 Å². The van der Waals surface area contributed by atoms with Crippen LogP contribution in [0.25, 0.3) is 0 Å². The number of piperidine rings is 1. The molecule has 0 bridgehead atoms. The molecule has 6 heteroatoms. The topological polar surface area (TPSA) is 69.6 Å². The maximum absolute atomic E-state index is 11.7. The zero-order valence-corrected chi connectivity index (χ0v) is 10.1. The van der Waals surface area contributed by atoms with E-state index in [1.165, 1.54) is 4.31 Å². The molecule has 0 aliphatic carbocycles. The largest absolute Gasteiger partial charge is 0.393 e. The fraction of sp³-hybridized carbons (Fsp3) is 1.00. The Morgan fingerprint density at radius 3 is 2.67 bits per heavy atom. The van der Waals surface area contributed by atoms with E-state index in [2.05, 4.69) is 4.72 Å². The Balaban J connectivity index is 2.66. The highest BCUT2D eigenvalue weighted by molar-refractivity contribution is 7.87. The van der Waals surface area contributed by atoms with Gasteiger partial charge in [-0.1, -0.05) is 13.8 Å². The Hall–Kier alpha value is -0.170. The predicted molar refractivity (Wildman–Crippen MR) is 58.6 cm³/mol. The molecule has 0 saturated carbocycles. The molecule has 0 amide bonds. The number of nitrogens with zero attached hydrogens (tertiary/aromatic N) is 1. The lowest BCUT2D eigenvalue weighted by Crippen LogP contribution is -2.49. The smallest absolute Gasteiger partial charge is 0.279 e. The first-order chi connectivity index (χ1) is 7.01. The van der Waals surface area contributed by atoms with Crippen molar-refractivity contribution < 1.29 is 13.5 Å². The van der Waals surface area contributed by atoms with Crippen LogP contribution in [-0.4, -0.2) is 43.6 Å². The van der Waals surface area contributed by atoms with E-state index < -0.39 is 10.2 Å². The minimum atomic E-state index is -3.33. The number of aliphatic hydroxyl groups excluding tert-OH is 1. The summed E-state index contributed by atoms with van der Waals surface area (Å²) in [5.74, 6) is 0.0622. The van der Waals surface area contributed by atoms with Crippen molar-refractivity contribution in [2.24, 2.45) is 5.92 Å². The molecule has 2 unspecified atom stereocenters. The van der Waals surface area contributed by atoms with Gasteiger partial charge in [0.25, 0.3) is 10.2 Å². The summed E-state index contributed by atoms with van der Waals surface area (Å²) in [5.41, 5.74) is 0. The quantitative estimate of drug-likeness (QED) is 0.718. The van der Waals surface area contributed by atoms with Gasteiger partial charge in [0.05, 0.1) is 6.10 Å². The fourth-order valence-electron chi connectivity index (χ4n) is 1.88. The number of rotatable bonds is 4. The van der Waals surface area contributed by atoms with Crippen LogP contribution >= 0.6 is 0 Å². The Bertz CT molecular complexity index is 292. The zero-order valence-electron chi connectivity index (χ0n) is 9.31. The molecule has 1 aliphatic heterocycles. The summed E-state index contributed by atoms with van der Waals surface area (Å²) in [7, 11) is -3.33. The lowest BCUT2D eigenvalue weighted by atomic mass is 9.94. The normalized spacial score (nSPS) is 29.3. The Morgan fingerprint density at radius 1 is 1.47 bits per heavy atom. The van der Waals surface area contributed by atoms with Crippen molar-refractivity contribution in [2.75, 3.05) is 19.6 Å². The van der Waals surface area contributed by atoms with Crippen molar-refractivity contribution in [1.82, 2.24) is 9.03 Å². The first-order valence-corrected chi connectivity index (χ1v) is 6.88.